The first kappa shape index (κ1) is 12.2. The van der Waals surface area contributed by atoms with Crippen LogP contribution in [0.2, 0.25) is 0 Å². The molecule has 1 aromatic heterocycles. The van der Waals surface area contributed by atoms with Crippen molar-refractivity contribution in [1.82, 2.24) is 14.9 Å². The molecular formula is C13H16N4O2. The molecular weight excluding hydrogens is 244 g/mol. The van der Waals surface area contributed by atoms with Crippen molar-refractivity contribution < 1.29 is 9.53 Å². The van der Waals surface area contributed by atoms with E-state index in [0.717, 1.165) is 17.8 Å². The smallest absolute Gasteiger partial charge is 0.243 e. The van der Waals surface area contributed by atoms with Gasteiger partial charge in [-0.25, -0.2) is 4.98 Å². The highest BCUT2D eigenvalue weighted by Gasteiger charge is 2.43. The summed E-state index contributed by atoms with van der Waals surface area (Å²) in [6.45, 7) is 2.14. The lowest BCUT2D eigenvalue weighted by Gasteiger charge is -2.36. The number of nitrogens with one attached hydrogen (secondary N) is 1. The molecule has 1 amide bonds. The molecule has 1 N–H and O–H groups in total. The minimum absolute atomic E-state index is 0.0569. The van der Waals surface area contributed by atoms with E-state index >= 15 is 0 Å². The van der Waals surface area contributed by atoms with E-state index in [1.54, 1.807) is 11.2 Å². The van der Waals surface area contributed by atoms with E-state index in [0.29, 0.717) is 39.1 Å². The van der Waals surface area contributed by atoms with Gasteiger partial charge in [-0.1, -0.05) is 0 Å². The van der Waals surface area contributed by atoms with Crippen LogP contribution in [0.15, 0.2) is 6.33 Å². The number of nitriles is 1. The number of hydrogen-bond acceptors (Lipinski definition) is 4. The number of ether oxygens (including phenoxy) is 1. The molecule has 0 bridgehead atoms. The van der Waals surface area contributed by atoms with Crippen molar-refractivity contribution >= 4 is 5.91 Å². The Hall–Kier alpha value is -1.87. The first-order valence-corrected chi connectivity index (χ1v) is 6.55. The molecule has 100 valence electrons. The van der Waals surface area contributed by atoms with Crippen molar-refractivity contribution in [1.29, 1.82) is 5.26 Å². The number of fused-ring (bicyclic) bond motifs is 1. The number of hydrogen-bond donors (Lipinski definition) is 1. The summed E-state index contributed by atoms with van der Waals surface area (Å²) in [7, 11) is 0. The van der Waals surface area contributed by atoms with E-state index < -0.39 is 5.41 Å². The summed E-state index contributed by atoms with van der Waals surface area (Å²) in [6, 6.07) is 2.24. The van der Waals surface area contributed by atoms with E-state index in [1.807, 2.05) is 0 Å². The molecule has 3 heterocycles. The molecule has 0 unspecified atom stereocenters. The summed E-state index contributed by atoms with van der Waals surface area (Å²) in [5.74, 6) is -0.0569. The highest BCUT2D eigenvalue weighted by atomic mass is 16.5. The predicted molar refractivity (Wildman–Crippen MR) is 65.8 cm³/mol. The van der Waals surface area contributed by atoms with Crippen LogP contribution in [0.25, 0.3) is 0 Å². The van der Waals surface area contributed by atoms with Crippen LogP contribution in [-0.4, -0.2) is 40.5 Å². The molecule has 1 aromatic rings. The first-order chi connectivity index (χ1) is 9.25. The Morgan fingerprint density at radius 3 is 3.05 bits per heavy atom. The Labute approximate surface area is 111 Å². The second-order valence-corrected chi connectivity index (χ2v) is 5.11. The van der Waals surface area contributed by atoms with Crippen molar-refractivity contribution in [3.8, 4) is 6.07 Å². The topological polar surface area (TPSA) is 82.0 Å². The maximum atomic E-state index is 12.7. The number of imidazole rings is 1. The molecule has 6 heteroatoms. The summed E-state index contributed by atoms with van der Waals surface area (Å²) in [6.07, 6.45) is 3.40. The van der Waals surface area contributed by atoms with Crippen LogP contribution in [0.4, 0.5) is 0 Å². The largest absolute Gasteiger partial charge is 0.381 e. The number of carbonyl (C=O) groups excluding carboxylic acids is 1. The average molecular weight is 260 g/mol. The minimum Gasteiger partial charge on any atom is -0.381 e. The van der Waals surface area contributed by atoms with Crippen molar-refractivity contribution in [3.63, 3.8) is 0 Å². The van der Waals surface area contributed by atoms with E-state index in [2.05, 4.69) is 16.0 Å². The van der Waals surface area contributed by atoms with Crippen LogP contribution < -0.4 is 0 Å². The third-order valence-electron chi connectivity index (χ3n) is 4.03. The van der Waals surface area contributed by atoms with Crippen LogP contribution in [0.1, 0.15) is 24.2 Å². The summed E-state index contributed by atoms with van der Waals surface area (Å²) < 4.78 is 5.27. The third kappa shape index (κ3) is 2.00. The van der Waals surface area contributed by atoms with Gasteiger partial charge in [0.25, 0.3) is 0 Å². The van der Waals surface area contributed by atoms with Crippen LogP contribution in [0.5, 0.6) is 0 Å². The molecule has 0 aromatic carbocycles. The van der Waals surface area contributed by atoms with Crippen LogP contribution in [-0.2, 0) is 22.5 Å². The lowest BCUT2D eigenvalue weighted by Crippen LogP contribution is -2.47. The highest BCUT2D eigenvalue weighted by molar-refractivity contribution is 5.85. The summed E-state index contributed by atoms with van der Waals surface area (Å²) >= 11 is 0. The number of carbonyl (C=O) groups is 1. The van der Waals surface area contributed by atoms with Gasteiger partial charge in [-0.05, 0) is 12.8 Å². The maximum absolute atomic E-state index is 12.7. The molecule has 3 rings (SSSR count). The fraction of sp³-hybridized carbons (Fsp3) is 0.615. The van der Waals surface area contributed by atoms with E-state index in [1.165, 1.54) is 0 Å². The maximum Gasteiger partial charge on any atom is 0.243 e. The first-order valence-electron chi connectivity index (χ1n) is 6.55. The molecule has 6 nitrogen and oxygen atoms in total. The summed E-state index contributed by atoms with van der Waals surface area (Å²) in [5.41, 5.74) is 1.12. The Morgan fingerprint density at radius 1 is 1.53 bits per heavy atom. The van der Waals surface area contributed by atoms with Gasteiger partial charge < -0.3 is 14.6 Å². The Bertz CT molecular complexity index is 525. The van der Waals surface area contributed by atoms with Crippen LogP contribution >= 0.6 is 0 Å². The molecule has 2 aliphatic heterocycles. The number of H-pyrrole nitrogens is 1. The average Bonchev–Trinajstić information content (AvgIpc) is 2.94. The molecule has 1 fully saturated rings. The molecule has 0 aliphatic carbocycles. The molecule has 0 atom stereocenters. The normalized spacial score (nSPS) is 21.5. The van der Waals surface area contributed by atoms with E-state index in [-0.39, 0.29) is 5.91 Å². The zero-order valence-electron chi connectivity index (χ0n) is 10.7. The Morgan fingerprint density at radius 2 is 2.32 bits per heavy atom. The quantitative estimate of drug-likeness (QED) is 0.802. The SMILES string of the molecule is N#CC1(C(=O)N2CCc3nc[nH]c3C2)CCOCC1. The summed E-state index contributed by atoms with van der Waals surface area (Å²) in [4.78, 5) is 21.7. The number of rotatable bonds is 1. The monoisotopic (exact) mass is 260 g/mol. The zero-order chi connectivity index (χ0) is 13.3. The fourth-order valence-corrected chi connectivity index (χ4v) is 2.78. The number of amides is 1. The van der Waals surface area contributed by atoms with Crippen molar-refractivity contribution in [2.75, 3.05) is 19.8 Å². The van der Waals surface area contributed by atoms with Crippen molar-refractivity contribution in [2.24, 2.45) is 5.41 Å². The Kier molecular flexibility index (Phi) is 2.99. The standard InChI is InChI=1S/C13H16N4O2/c14-8-13(2-5-19-6-3-13)12(18)17-4-1-10-11(7-17)16-9-15-10/h9H,1-7H2,(H,15,16). The highest BCUT2D eigenvalue weighted by Crippen LogP contribution is 2.33. The molecule has 19 heavy (non-hydrogen) atoms. The lowest BCUT2D eigenvalue weighted by molar-refractivity contribution is -0.144. The molecule has 2 aliphatic rings. The molecule has 1 saturated heterocycles. The fourth-order valence-electron chi connectivity index (χ4n) is 2.78. The number of aromatic nitrogens is 2. The van der Waals surface area contributed by atoms with Gasteiger partial charge in [-0.3, -0.25) is 4.79 Å². The van der Waals surface area contributed by atoms with Gasteiger partial charge in [0, 0.05) is 26.2 Å². The van der Waals surface area contributed by atoms with E-state index in [9.17, 15) is 10.1 Å². The van der Waals surface area contributed by atoms with Crippen molar-refractivity contribution in [2.45, 2.75) is 25.8 Å². The predicted octanol–water partition coefficient (Wildman–Crippen LogP) is 0.615. The second kappa shape index (κ2) is 4.67. The summed E-state index contributed by atoms with van der Waals surface area (Å²) in [5, 5.41) is 9.42. The third-order valence-corrected chi connectivity index (χ3v) is 4.03. The van der Waals surface area contributed by atoms with Crippen molar-refractivity contribution in [3.05, 3.63) is 17.7 Å². The Balaban J connectivity index is 1.79. The van der Waals surface area contributed by atoms with Gasteiger partial charge in [0.2, 0.25) is 5.91 Å². The number of aromatic amines is 1. The van der Waals surface area contributed by atoms with Crippen LogP contribution in [0, 0.1) is 16.7 Å². The lowest BCUT2D eigenvalue weighted by atomic mass is 9.80. The van der Waals surface area contributed by atoms with Gasteiger partial charge in [0.1, 0.15) is 5.41 Å². The number of nitrogens with zero attached hydrogens (tertiary/aromatic N) is 3. The van der Waals surface area contributed by atoms with Gasteiger partial charge >= 0.3 is 0 Å². The van der Waals surface area contributed by atoms with Gasteiger partial charge in [0.15, 0.2) is 0 Å². The minimum atomic E-state index is -0.893. The van der Waals surface area contributed by atoms with Gasteiger partial charge in [-0.15, -0.1) is 0 Å². The van der Waals surface area contributed by atoms with E-state index in [4.69, 9.17) is 4.74 Å². The zero-order valence-corrected chi connectivity index (χ0v) is 10.7. The van der Waals surface area contributed by atoms with Gasteiger partial charge in [-0.2, -0.15) is 5.26 Å². The van der Waals surface area contributed by atoms with Gasteiger partial charge in [0.05, 0.1) is 30.3 Å². The molecule has 0 spiro atoms. The van der Waals surface area contributed by atoms with Crippen LogP contribution in [0.3, 0.4) is 0 Å². The molecule has 0 radical (unpaired) electrons. The second-order valence-electron chi connectivity index (χ2n) is 5.11. The molecule has 0 saturated carbocycles.